The predicted octanol–water partition coefficient (Wildman–Crippen LogP) is 6.78. The second-order valence-electron chi connectivity index (χ2n) is 11.2. The zero-order chi connectivity index (χ0) is 29.6. The zero-order valence-corrected chi connectivity index (χ0v) is 24.8. The molecule has 0 saturated heterocycles. The molecule has 0 spiro atoms. The molecule has 0 aliphatic heterocycles. The lowest BCUT2D eigenvalue weighted by Crippen LogP contribution is -2.47. The van der Waals surface area contributed by atoms with Crippen LogP contribution in [0.1, 0.15) is 56.9 Å². The number of hydrogen-bond acceptors (Lipinski definition) is 6. The number of fused-ring (bicyclic) bond motifs is 1. The number of aliphatic hydroxyl groups excluding tert-OH is 1. The summed E-state index contributed by atoms with van der Waals surface area (Å²) in [7, 11) is 0. The third kappa shape index (κ3) is 8.47. The number of rotatable bonds is 9. The van der Waals surface area contributed by atoms with Gasteiger partial charge >= 0.3 is 12.1 Å². The third-order valence-corrected chi connectivity index (χ3v) is 7.17. The largest absolute Gasteiger partial charge is 0.482 e. The van der Waals surface area contributed by atoms with Crippen molar-refractivity contribution < 1.29 is 28.9 Å². The first-order valence-electron chi connectivity index (χ1n) is 14.0. The molecule has 2 atom stereocenters. The maximum Gasteiger partial charge on any atom is 0.410 e. The Morgan fingerprint density at radius 2 is 1.76 bits per heavy atom. The standard InChI is InChI=1S/C33H38ClNO6/c1-5-39-31(37)21-40-29-15-12-22(13-16-29)24-10-9-23-11-14-28(19-26(23)17-24)35(32(38)41-33(2,3)4)20-30(36)25-7-6-8-27(34)18-25/h6-10,12-13,15-18,28,30,36H,5,11,14,19-21H2,1-4H3/t28-,30+/m0/s1. The molecular formula is C33H38ClNO6. The molecule has 0 aromatic heterocycles. The van der Waals surface area contributed by atoms with Crippen LogP contribution in [0.15, 0.2) is 66.7 Å². The average Bonchev–Trinajstić information content (AvgIpc) is 2.93. The molecule has 7 nitrogen and oxygen atoms in total. The summed E-state index contributed by atoms with van der Waals surface area (Å²) in [6.07, 6.45) is 0.874. The molecule has 0 radical (unpaired) electrons. The molecule has 218 valence electrons. The number of halogens is 1. The highest BCUT2D eigenvalue weighted by Gasteiger charge is 2.33. The van der Waals surface area contributed by atoms with Crippen LogP contribution in [-0.2, 0) is 27.1 Å². The second-order valence-corrected chi connectivity index (χ2v) is 11.6. The van der Waals surface area contributed by atoms with Gasteiger partial charge in [0.15, 0.2) is 6.61 Å². The van der Waals surface area contributed by atoms with Crippen molar-refractivity contribution in [3.05, 3.63) is 88.4 Å². The van der Waals surface area contributed by atoms with Gasteiger partial charge in [-0.05, 0) is 99.0 Å². The molecule has 3 aromatic carbocycles. The number of hydrogen-bond donors (Lipinski definition) is 1. The Morgan fingerprint density at radius 1 is 1.02 bits per heavy atom. The Labute approximate surface area is 247 Å². The van der Waals surface area contributed by atoms with Gasteiger partial charge in [-0.1, -0.05) is 54.1 Å². The molecule has 0 bridgehead atoms. The molecule has 8 heteroatoms. The number of carbonyl (C=O) groups excluding carboxylic acids is 2. The fraction of sp³-hybridized carbons (Fsp3) is 0.394. The van der Waals surface area contributed by atoms with Crippen molar-refractivity contribution in [1.82, 2.24) is 4.90 Å². The van der Waals surface area contributed by atoms with E-state index in [0.717, 1.165) is 29.5 Å². The van der Waals surface area contributed by atoms with E-state index in [1.165, 1.54) is 5.56 Å². The van der Waals surface area contributed by atoms with E-state index >= 15 is 0 Å². The zero-order valence-electron chi connectivity index (χ0n) is 24.1. The van der Waals surface area contributed by atoms with Crippen LogP contribution in [-0.4, -0.2) is 53.5 Å². The molecule has 3 aromatic rings. The van der Waals surface area contributed by atoms with E-state index in [2.05, 4.69) is 18.2 Å². The van der Waals surface area contributed by atoms with Gasteiger partial charge in [0.05, 0.1) is 19.3 Å². The van der Waals surface area contributed by atoms with Crippen molar-refractivity contribution in [2.45, 2.75) is 64.7 Å². The van der Waals surface area contributed by atoms with E-state index in [0.29, 0.717) is 29.4 Å². The Hall–Kier alpha value is -3.55. The minimum Gasteiger partial charge on any atom is -0.482 e. The van der Waals surface area contributed by atoms with Gasteiger partial charge in [-0.2, -0.15) is 0 Å². The number of ether oxygens (including phenoxy) is 3. The maximum absolute atomic E-state index is 13.4. The molecule has 41 heavy (non-hydrogen) atoms. The van der Waals surface area contributed by atoms with Crippen LogP contribution in [0.2, 0.25) is 5.02 Å². The molecule has 0 saturated carbocycles. The number of nitrogens with zero attached hydrogens (tertiary/aromatic N) is 1. The summed E-state index contributed by atoms with van der Waals surface area (Å²) in [5.41, 5.74) is 4.45. The van der Waals surface area contributed by atoms with Crippen molar-refractivity contribution in [2.75, 3.05) is 19.8 Å². The van der Waals surface area contributed by atoms with Gasteiger partial charge in [0.2, 0.25) is 0 Å². The quantitative estimate of drug-likeness (QED) is 0.281. The second kappa shape index (κ2) is 13.4. The number of carbonyl (C=O) groups is 2. The van der Waals surface area contributed by atoms with Crippen LogP contribution < -0.4 is 4.74 Å². The molecule has 0 fully saturated rings. The van der Waals surface area contributed by atoms with Crippen molar-refractivity contribution in [2.24, 2.45) is 0 Å². The van der Waals surface area contributed by atoms with Crippen LogP contribution in [0.4, 0.5) is 4.79 Å². The summed E-state index contributed by atoms with van der Waals surface area (Å²) < 4.78 is 16.2. The summed E-state index contributed by atoms with van der Waals surface area (Å²) in [5.74, 6) is 0.187. The fourth-order valence-electron chi connectivity index (χ4n) is 4.97. The average molecular weight is 580 g/mol. The minimum atomic E-state index is -0.904. The Kier molecular flexibility index (Phi) is 9.94. The van der Waals surface area contributed by atoms with Gasteiger partial charge in [-0.3, -0.25) is 0 Å². The summed E-state index contributed by atoms with van der Waals surface area (Å²) in [5, 5.41) is 11.6. The number of benzene rings is 3. The lowest BCUT2D eigenvalue weighted by Gasteiger charge is -2.37. The topological polar surface area (TPSA) is 85.3 Å². The molecule has 1 aliphatic rings. The van der Waals surface area contributed by atoms with Gasteiger partial charge in [0, 0.05) is 11.1 Å². The highest BCUT2D eigenvalue weighted by molar-refractivity contribution is 6.30. The summed E-state index contributed by atoms with van der Waals surface area (Å²) in [6, 6.07) is 20.9. The number of aliphatic hydroxyl groups is 1. The van der Waals surface area contributed by atoms with Crippen molar-refractivity contribution in [1.29, 1.82) is 0 Å². The normalized spacial score (nSPS) is 15.4. The van der Waals surface area contributed by atoms with E-state index in [4.69, 9.17) is 25.8 Å². The van der Waals surface area contributed by atoms with E-state index < -0.39 is 23.8 Å². The highest BCUT2D eigenvalue weighted by Crippen LogP contribution is 2.32. The van der Waals surface area contributed by atoms with Crippen molar-refractivity contribution in [3.8, 4) is 16.9 Å². The lowest BCUT2D eigenvalue weighted by molar-refractivity contribution is -0.145. The summed E-state index contributed by atoms with van der Waals surface area (Å²) in [6.45, 7) is 7.56. The molecule has 4 rings (SSSR count). The van der Waals surface area contributed by atoms with Gasteiger partial charge in [0.25, 0.3) is 0 Å². The van der Waals surface area contributed by atoms with Gasteiger partial charge in [0.1, 0.15) is 11.4 Å². The maximum atomic E-state index is 13.4. The van der Waals surface area contributed by atoms with Crippen molar-refractivity contribution in [3.63, 3.8) is 0 Å². The van der Waals surface area contributed by atoms with Gasteiger partial charge in [-0.25, -0.2) is 9.59 Å². The van der Waals surface area contributed by atoms with E-state index in [1.54, 1.807) is 36.1 Å². The number of aryl methyl sites for hydroxylation is 1. The van der Waals surface area contributed by atoms with E-state index in [-0.39, 0.29) is 19.2 Å². The van der Waals surface area contributed by atoms with Crippen LogP contribution in [0.25, 0.3) is 11.1 Å². The first kappa shape index (κ1) is 30.4. The Bertz CT molecular complexity index is 1350. The van der Waals surface area contributed by atoms with Crippen LogP contribution >= 0.6 is 11.6 Å². The number of esters is 1. The van der Waals surface area contributed by atoms with E-state index in [1.807, 2.05) is 45.0 Å². The lowest BCUT2D eigenvalue weighted by atomic mass is 9.85. The highest BCUT2D eigenvalue weighted by atomic mass is 35.5. The first-order chi connectivity index (χ1) is 19.5. The molecule has 1 N–H and O–H groups in total. The first-order valence-corrected chi connectivity index (χ1v) is 14.3. The van der Waals surface area contributed by atoms with Gasteiger partial charge < -0.3 is 24.2 Å². The van der Waals surface area contributed by atoms with E-state index in [9.17, 15) is 14.7 Å². The monoisotopic (exact) mass is 579 g/mol. The molecule has 1 aliphatic carbocycles. The third-order valence-electron chi connectivity index (χ3n) is 6.93. The smallest absolute Gasteiger partial charge is 0.410 e. The van der Waals surface area contributed by atoms with Crippen LogP contribution in [0, 0.1) is 0 Å². The van der Waals surface area contributed by atoms with Crippen LogP contribution in [0.5, 0.6) is 5.75 Å². The summed E-state index contributed by atoms with van der Waals surface area (Å²) >= 11 is 6.15. The summed E-state index contributed by atoms with van der Waals surface area (Å²) in [4.78, 5) is 26.6. The van der Waals surface area contributed by atoms with Crippen LogP contribution in [0.3, 0.4) is 0 Å². The minimum absolute atomic E-state index is 0.0994. The SMILES string of the molecule is CCOC(=O)COc1ccc(-c2ccc3c(c2)C[C@@H](N(C[C@@H](O)c2cccc(Cl)c2)C(=O)OC(C)(C)C)CC3)cc1. The van der Waals surface area contributed by atoms with Gasteiger partial charge in [-0.15, -0.1) is 0 Å². The fourth-order valence-corrected chi connectivity index (χ4v) is 5.17. The predicted molar refractivity (Wildman–Crippen MR) is 159 cm³/mol. The molecule has 1 amide bonds. The molecular weight excluding hydrogens is 542 g/mol. The molecule has 0 heterocycles. The Balaban J connectivity index is 1.51. The molecule has 0 unspecified atom stereocenters. The Morgan fingerprint density at radius 3 is 2.44 bits per heavy atom. The van der Waals surface area contributed by atoms with Crippen molar-refractivity contribution >= 4 is 23.7 Å². The number of amides is 1.